The zero-order chi connectivity index (χ0) is 20.9. The molecule has 0 fully saturated rings. The minimum atomic E-state index is -0.519. The molecular formula is C25H21NO4. The van der Waals surface area contributed by atoms with Crippen LogP contribution in [0.1, 0.15) is 33.0 Å². The van der Waals surface area contributed by atoms with Crippen LogP contribution in [0.5, 0.6) is 5.75 Å². The van der Waals surface area contributed by atoms with Gasteiger partial charge in [-0.05, 0) is 28.3 Å². The molecule has 1 amide bonds. The fourth-order valence-electron chi connectivity index (χ4n) is 3.82. The van der Waals surface area contributed by atoms with Gasteiger partial charge in [0.2, 0.25) is 0 Å². The van der Waals surface area contributed by atoms with Crippen LogP contribution < -0.4 is 5.32 Å². The maximum absolute atomic E-state index is 12.2. The van der Waals surface area contributed by atoms with Crippen molar-refractivity contribution in [2.24, 2.45) is 0 Å². The molecule has 5 nitrogen and oxygen atoms in total. The Balaban J connectivity index is 1.36. The van der Waals surface area contributed by atoms with Crippen molar-refractivity contribution >= 4 is 18.5 Å². The number of carbonyl (C=O) groups is 2. The number of phenolic OH excluding ortho intramolecular Hbond substituents is 1. The minimum Gasteiger partial charge on any atom is -0.507 e. The SMILES string of the molecule is O=Cc1cccc(O)c1C=CCNC(=O)OCC1c2ccccc2-c2ccccc21. The van der Waals surface area contributed by atoms with Gasteiger partial charge in [-0.2, -0.15) is 0 Å². The molecule has 0 unspecified atom stereocenters. The summed E-state index contributed by atoms with van der Waals surface area (Å²) in [4.78, 5) is 23.2. The summed E-state index contributed by atoms with van der Waals surface area (Å²) in [6, 6.07) is 21.1. The highest BCUT2D eigenvalue weighted by molar-refractivity contribution is 5.84. The average Bonchev–Trinajstić information content (AvgIpc) is 3.10. The summed E-state index contributed by atoms with van der Waals surface area (Å²) in [6.45, 7) is 0.460. The minimum absolute atomic E-state index is 0.00936. The second-order valence-electron chi connectivity index (χ2n) is 7.01. The first-order chi connectivity index (χ1) is 14.7. The van der Waals surface area contributed by atoms with Gasteiger partial charge >= 0.3 is 6.09 Å². The lowest BCUT2D eigenvalue weighted by Gasteiger charge is -2.14. The van der Waals surface area contributed by atoms with E-state index in [1.807, 2.05) is 24.3 Å². The molecule has 0 aliphatic heterocycles. The van der Waals surface area contributed by atoms with Crippen LogP contribution in [0.25, 0.3) is 17.2 Å². The summed E-state index contributed by atoms with van der Waals surface area (Å²) < 4.78 is 5.47. The Kier molecular flexibility index (Phi) is 5.61. The number of hydrogen-bond donors (Lipinski definition) is 2. The lowest BCUT2D eigenvalue weighted by molar-refractivity contribution is 0.112. The zero-order valence-corrected chi connectivity index (χ0v) is 16.2. The fourth-order valence-corrected chi connectivity index (χ4v) is 3.82. The number of phenols is 1. The second kappa shape index (κ2) is 8.66. The number of ether oxygens (including phenoxy) is 1. The maximum Gasteiger partial charge on any atom is 0.407 e. The predicted octanol–water partition coefficient (Wildman–Crippen LogP) is 4.76. The van der Waals surface area contributed by atoms with E-state index in [1.165, 1.54) is 17.2 Å². The third-order valence-electron chi connectivity index (χ3n) is 5.24. The Morgan fingerprint density at radius 2 is 1.63 bits per heavy atom. The van der Waals surface area contributed by atoms with Crippen LogP contribution in [0.2, 0.25) is 0 Å². The van der Waals surface area contributed by atoms with E-state index in [1.54, 1.807) is 24.3 Å². The molecule has 1 aliphatic carbocycles. The van der Waals surface area contributed by atoms with Gasteiger partial charge in [0.15, 0.2) is 6.29 Å². The van der Waals surface area contributed by atoms with Crippen molar-refractivity contribution in [2.75, 3.05) is 13.2 Å². The number of aldehydes is 1. The van der Waals surface area contributed by atoms with E-state index < -0.39 is 6.09 Å². The van der Waals surface area contributed by atoms with Crippen LogP contribution in [0.3, 0.4) is 0 Å². The predicted molar refractivity (Wildman–Crippen MR) is 116 cm³/mol. The van der Waals surface area contributed by atoms with Crippen molar-refractivity contribution < 1.29 is 19.4 Å². The van der Waals surface area contributed by atoms with E-state index in [9.17, 15) is 14.7 Å². The second-order valence-corrected chi connectivity index (χ2v) is 7.01. The molecule has 3 aromatic rings. The van der Waals surface area contributed by atoms with E-state index in [2.05, 4.69) is 29.6 Å². The monoisotopic (exact) mass is 399 g/mol. The lowest BCUT2D eigenvalue weighted by Crippen LogP contribution is -2.26. The largest absolute Gasteiger partial charge is 0.507 e. The van der Waals surface area contributed by atoms with Crippen molar-refractivity contribution in [1.82, 2.24) is 5.32 Å². The highest BCUT2D eigenvalue weighted by Gasteiger charge is 2.28. The zero-order valence-electron chi connectivity index (χ0n) is 16.2. The van der Waals surface area contributed by atoms with Crippen LogP contribution in [0.4, 0.5) is 4.79 Å². The standard InChI is InChI=1S/C25H21NO4/c27-15-17-7-5-13-24(28)18(17)12-6-14-26-25(29)30-16-23-21-10-3-1-8-19(21)20-9-2-4-11-22(20)23/h1-13,15,23,28H,14,16H2,(H,26,29). The van der Waals surface area contributed by atoms with E-state index in [0.29, 0.717) is 17.4 Å². The summed E-state index contributed by atoms with van der Waals surface area (Å²) in [7, 11) is 0. The van der Waals surface area contributed by atoms with Crippen molar-refractivity contribution in [2.45, 2.75) is 5.92 Å². The number of fused-ring (bicyclic) bond motifs is 3. The molecule has 0 spiro atoms. The smallest absolute Gasteiger partial charge is 0.407 e. The summed E-state index contributed by atoms with van der Waals surface area (Å²) in [6.07, 6.45) is 3.42. The van der Waals surface area contributed by atoms with Gasteiger partial charge in [-0.15, -0.1) is 0 Å². The van der Waals surface area contributed by atoms with Gasteiger partial charge < -0.3 is 15.2 Å². The van der Waals surface area contributed by atoms with E-state index in [-0.39, 0.29) is 24.8 Å². The maximum atomic E-state index is 12.2. The molecule has 4 rings (SSSR count). The van der Waals surface area contributed by atoms with Crippen molar-refractivity contribution in [3.8, 4) is 16.9 Å². The molecular weight excluding hydrogens is 378 g/mol. The van der Waals surface area contributed by atoms with Crippen molar-refractivity contribution in [1.29, 1.82) is 0 Å². The van der Waals surface area contributed by atoms with Crippen LogP contribution >= 0.6 is 0 Å². The first kappa shape index (κ1) is 19.5. The summed E-state index contributed by atoms with van der Waals surface area (Å²) in [5, 5.41) is 12.5. The van der Waals surface area contributed by atoms with Gasteiger partial charge in [0.05, 0.1) is 0 Å². The van der Waals surface area contributed by atoms with Gasteiger partial charge in [-0.1, -0.05) is 72.8 Å². The van der Waals surface area contributed by atoms with Crippen LogP contribution in [-0.2, 0) is 4.74 Å². The van der Waals surface area contributed by atoms with E-state index in [0.717, 1.165) is 11.1 Å². The Labute approximate surface area is 174 Å². The number of carbonyl (C=O) groups excluding carboxylic acids is 2. The van der Waals surface area contributed by atoms with Crippen molar-refractivity contribution in [3.63, 3.8) is 0 Å². The number of rotatable bonds is 6. The van der Waals surface area contributed by atoms with Gasteiger partial charge in [-0.25, -0.2) is 4.79 Å². The lowest BCUT2D eigenvalue weighted by atomic mass is 9.98. The first-order valence-corrected chi connectivity index (χ1v) is 9.71. The fraction of sp³-hybridized carbons (Fsp3) is 0.120. The summed E-state index contributed by atoms with van der Waals surface area (Å²) in [5.74, 6) is 0.0205. The summed E-state index contributed by atoms with van der Waals surface area (Å²) in [5.41, 5.74) is 5.48. The molecule has 150 valence electrons. The number of alkyl carbamates (subject to hydrolysis) is 1. The molecule has 0 atom stereocenters. The summed E-state index contributed by atoms with van der Waals surface area (Å²) >= 11 is 0. The molecule has 1 aliphatic rings. The number of benzene rings is 3. The van der Waals surface area contributed by atoms with E-state index in [4.69, 9.17) is 4.74 Å². The van der Waals surface area contributed by atoms with E-state index >= 15 is 0 Å². The Bertz CT molecular complexity index is 1070. The number of amides is 1. The highest BCUT2D eigenvalue weighted by Crippen LogP contribution is 2.44. The molecule has 3 aromatic carbocycles. The van der Waals surface area contributed by atoms with Gasteiger partial charge in [0.1, 0.15) is 12.4 Å². The van der Waals surface area contributed by atoms with Crippen LogP contribution in [0, 0.1) is 0 Å². The van der Waals surface area contributed by atoms with Gasteiger partial charge in [-0.3, -0.25) is 4.79 Å². The third-order valence-corrected chi connectivity index (χ3v) is 5.24. The average molecular weight is 399 g/mol. The third kappa shape index (κ3) is 3.82. The first-order valence-electron chi connectivity index (χ1n) is 9.71. The van der Waals surface area contributed by atoms with Gasteiger partial charge in [0, 0.05) is 23.6 Å². The van der Waals surface area contributed by atoms with Crippen molar-refractivity contribution in [3.05, 3.63) is 95.1 Å². The Morgan fingerprint density at radius 1 is 0.967 bits per heavy atom. The Hall–Kier alpha value is -3.86. The molecule has 0 saturated heterocycles. The topological polar surface area (TPSA) is 75.6 Å². The number of hydrogen-bond acceptors (Lipinski definition) is 4. The molecule has 5 heteroatoms. The molecule has 0 saturated carbocycles. The highest BCUT2D eigenvalue weighted by atomic mass is 16.5. The van der Waals surface area contributed by atoms with Crippen LogP contribution in [-0.4, -0.2) is 30.6 Å². The Morgan fingerprint density at radius 3 is 2.30 bits per heavy atom. The quantitative estimate of drug-likeness (QED) is 0.586. The van der Waals surface area contributed by atoms with Crippen LogP contribution in [0.15, 0.2) is 72.8 Å². The molecule has 0 bridgehead atoms. The molecule has 0 radical (unpaired) electrons. The normalized spacial score (nSPS) is 12.4. The number of aromatic hydroxyl groups is 1. The molecule has 0 heterocycles. The van der Waals surface area contributed by atoms with Gasteiger partial charge in [0.25, 0.3) is 0 Å². The number of nitrogens with one attached hydrogen (secondary N) is 1. The molecule has 2 N–H and O–H groups in total. The molecule has 30 heavy (non-hydrogen) atoms. The molecule has 0 aromatic heterocycles.